The van der Waals surface area contributed by atoms with E-state index in [-0.39, 0.29) is 25.2 Å². The molecule has 1 fully saturated rings. The first-order valence-corrected chi connectivity index (χ1v) is 7.01. The molecule has 0 spiro atoms. The van der Waals surface area contributed by atoms with Crippen LogP contribution in [0.2, 0.25) is 0 Å². The highest BCUT2D eigenvalue weighted by atomic mass is 16.5. The summed E-state index contributed by atoms with van der Waals surface area (Å²) in [7, 11) is 0. The minimum Gasteiger partial charge on any atom is -0.473 e. The monoisotopic (exact) mass is 295 g/mol. The van der Waals surface area contributed by atoms with Gasteiger partial charge < -0.3 is 20.9 Å². The lowest BCUT2D eigenvalue weighted by molar-refractivity contribution is -0.118. The van der Waals surface area contributed by atoms with Crippen molar-refractivity contribution in [3.8, 4) is 5.88 Å². The average molecular weight is 295 g/mol. The second-order valence-corrected chi connectivity index (χ2v) is 4.98. The Morgan fingerprint density at radius 3 is 3.19 bits per heavy atom. The Kier molecular flexibility index (Phi) is 5.70. The van der Waals surface area contributed by atoms with Crippen LogP contribution in [-0.4, -0.2) is 64.8 Å². The van der Waals surface area contributed by atoms with Crippen molar-refractivity contribution < 1.29 is 14.6 Å². The number of ether oxygens (including phenoxy) is 1. The van der Waals surface area contributed by atoms with Gasteiger partial charge in [-0.1, -0.05) is 0 Å². The summed E-state index contributed by atoms with van der Waals surface area (Å²) in [5.74, 6) is 0.843. The summed E-state index contributed by atoms with van der Waals surface area (Å²) in [5, 5.41) is 11.8. The van der Waals surface area contributed by atoms with Crippen LogP contribution >= 0.6 is 0 Å². The Balaban J connectivity index is 1.83. The molecule has 1 amide bonds. The van der Waals surface area contributed by atoms with E-state index in [0.717, 1.165) is 13.0 Å². The van der Waals surface area contributed by atoms with Crippen molar-refractivity contribution in [2.45, 2.75) is 18.9 Å². The number of likely N-dealkylation sites (tertiary alicyclic amines) is 1. The lowest BCUT2D eigenvalue weighted by atomic mass is 10.3. The molecule has 1 unspecified atom stereocenters. The molecule has 116 valence electrons. The van der Waals surface area contributed by atoms with E-state index in [9.17, 15) is 4.79 Å². The smallest absolute Gasteiger partial charge is 0.231 e. The van der Waals surface area contributed by atoms with Gasteiger partial charge in [0.15, 0.2) is 0 Å². The van der Waals surface area contributed by atoms with Gasteiger partial charge >= 0.3 is 0 Å². The van der Waals surface area contributed by atoms with Crippen LogP contribution in [0.4, 0.5) is 5.82 Å². The molecule has 2 rings (SSSR count). The quantitative estimate of drug-likeness (QED) is 0.538. The number of nitrogens with two attached hydrogens (primary N) is 1. The van der Waals surface area contributed by atoms with Gasteiger partial charge in [0.1, 0.15) is 18.2 Å². The van der Waals surface area contributed by atoms with Crippen LogP contribution < -0.4 is 15.8 Å². The van der Waals surface area contributed by atoms with Crippen molar-refractivity contribution in [2.75, 3.05) is 38.1 Å². The molecule has 21 heavy (non-hydrogen) atoms. The Hall–Kier alpha value is -1.93. The van der Waals surface area contributed by atoms with E-state index in [1.54, 1.807) is 6.07 Å². The molecule has 8 nitrogen and oxygen atoms in total. The van der Waals surface area contributed by atoms with Crippen LogP contribution in [0.5, 0.6) is 5.88 Å². The van der Waals surface area contributed by atoms with Gasteiger partial charge in [-0.15, -0.1) is 0 Å². The fourth-order valence-corrected chi connectivity index (χ4v) is 2.22. The first kappa shape index (κ1) is 15.5. The van der Waals surface area contributed by atoms with Crippen molar-refractivity contribution in [2.24, 2.45) is 5.73 Å². The van der Waals surface area contributed by atoms with E-state index in [1.807, 2.05) is 4.90 Å². The first-order chi connectivity index (χ1) is 10.2. The van der Waals surface area contributed by atoms with Gasteiger partial charge in [-0.2, -0.15) is 0 Å². The number of carbonyl (C=O) groups is 1. The summed E-state index contributed by atoms with van der Waals surface area (Å²) in [6.45, 7) is 2.50. The van der Waals surface area contributed by atoms with E-state index < -0.39 is 0 Å². The molecule has 2 heterocycles. The number of aromatic nitrogens is 2. The Morgan fingerprint density at radius 1 is 1.57 bits per heavy atom. The number of nitrogens with zero attached hydrogens (tertiary/aromatic N) is 3. The van der Waals surface area contributed by atoms with Crippen LogP contribution in [0.15, 0.2) is 12.4 Å². The second-order valence-electron chi connectivity index (χ2n) is 4.98. The van der Waals surface area contributed by atoms with Crippen LogP contribution in [0, 0.1) is 0 Å². The summed E-state index contributed by atoms with van der Waals surface area (Å²) >= 11 is 0. The third-order valence-electron chi connectivity index (χ3n) is 3.18. The number of carbonyl (C=O) groups excluding carboxylic acids is 1. The zero-order valence-electron chi connectivity index (χ0n) is 11.9. The molecule has 1 aliphatic heterocycles. The first-order valence-electron chi connectivity index (χ1n) is 7.01. The Morgan fingerprint density at radius 2 is 2.43 bits per heavy atom. The summed E-state index contributed by atoms with van der Waals surface area (Å²) < 4.78 is 5.80. The van der Waals surface area contributed by atoms with Crippen molar-refractivity contribution in [3.63, 3.8) is 0 Å². The van der Waals surface area contributed by atoms with Gasteiger partial charge in [0, 0.05) is 32.3 Å². The molecule has 0 saturated carbocycles. The maximum atomic E-state index is 10.9. The zero-order valence-corrected chi connectivity index (χ0v) is 11.9. The molecule has 1 saturated heterocycles. The number of rotatable bonds is 8. The molecule has 0 radical (unpaired) electrons. The number of hydrogen-bond donors (Lipinski definition) is 3. The molecule has 0 aliphatic carbocycles. The lowest BCUT2D eigenvalue weighted by Crippen LogP contribution is -2.33. The second kappa shape index (κ2) is 7.75. The number of amides is 1. The molecule has 1 aromatic heterocycles. The number of aliphatic hydroxyl groups is 1. The molecular weight excluding hydrogens is 274 g/mol. The van der Waals surface area contributed by atoms with Crippen molar-refractivity contribution in [3.05, 3.63) is 12.4 Å². The third-order valence-corrected chi connectivity index (χ3v) is 3.18. The molecule has 1 aliphatic rings. The molecule has 8 heteroatoms. The van der Waals surface area contributed by atoms with E-state index >= 15 is 0 Å². The van der Waals surface area contributed by atoms with Crippen molar-refractivity contribution in [1.29, 1.82) is 0 Å². The fourth-order valence-electron chi connectivity index (χ4n) is 2.22. The van der Waals surface area contributed by atoms with E-state index in [0.29, 0.717) is 31.2 Å². The standard InChI is InChI=1S/C13H21N5O3/c14-11(20)8-18-4-2-10(7-18)21-13-6-12(16-9-17-13)15-3-1-5-19/h6,9-10,19H,1-5,7-8H2,(H2,14,20)(H,15,16,17). The lowest BCUT2D eigenvalue weighted by Gasteiger charge is -2.15. The van der Waals surface area contributed by atoms with Crippen molar-refractivity contribution >= 4 is 11.7 Å². The maximum Gasteiger partial charge on any atom is 0.231 e. The molecule has 1 atom stereocenters. The molecule has 0 bridgehead atoms. The highest BCUT2D eigenvalue weighted by Gasteiger charge is 2.25. The summed E-state index contributed by atoms with van der Waals surface area (Å²) in [6, 6.07) is 1.73. The van der Waals surface area contributed by atoms with Gasteiger partial charge in [0.05, 0.1) is 6.54 Å². The number of anilines is 1. The zero-order chi connectivity index (χ0) is 15.1. The Bertz CT molecular complexity index is 471. The highest BCUT2D eigenvalue weighted by molar-refractivity contribution is 5.75. The maximum absolute atomic E-state index is 10.9. The van der Waals surface area contributed by atoms with Crippen LogP contribution in [-0.2, 0) is 4.79 Å². The topological polar surface area (TPSA) is 114 Å². The normalized spacial score (nSPS) is 18.6. The van der Waals surface area contributed by atoms with Gasteiger partial charge in [0.25, 0.3) is 0 Å². The SMILES string of the molecule is NC(=O)CN1CCC(Oc2cc(NCCCO)ncn2)C1. The van der Waals surface area contributed by atoms with Gasteiger partial charge in [-0.05, 0) is 12.8 Å². The number of nitrogens with one attached hydrogen (secondary N) is 1. The minimum atomic E-state index is -0.326. The molecule has 1 aromatic rings. The molecule has 0 aromatic carbocycles. The molecule has 4 N–H and O–H groups in total. The highest BCUT2D eigenvalue weighted by Crippen LogP contribution is 2.17. The predicted molar refractivity (Wildman–Crippen MR) is 76.9 cm³/mol. The molecular formula is C13H21N5O3. The third kappa shape index (κ3) is 5.16. The van der Waals surface area contributed by atoms with Crippen LogP contribution in [0.3, 0.4) is 0 Å². The fraction of sp³-hybridized carbons (Fsp3) is 0.615. The largest absolute Gasteiger partial charge is 0.473 e. The minimum absolute atomic E-state index is 0.00421. The summed E-state index contributed by atoms with van der Waals surface area (Å²) in [5.41, 5.74) is 5.18. The number of hydrogen-bond acceptors (Lipinski definition) is 7. The van der Waals surface area contributed by atoms with E-state index in [1.165, 1.54) is 6.33 Å². The number of primary amides is 1. The summed E-state index contributed by atoms with van der Waals surface area (Å²) in [6.07, 6.45) is 2.94. The van der Waals surface area contributed by atoms with Crippen LogP contribution in [0.1, 0.15) is 12.8 Å². The average Bonchev–Trinajstić information content (AvgIpc) is 2.86. The van der Waals surface area contributed by atoms with Gasteiger partial charge in [-0.3, -0.25) is 9.69 Å². The number of aliphatic hydroxyl groups excluding tert-OH is 1. The van der Waals surface area contributed by atoms with Crippen LogP contribution in [0.25, 0.3) is 0 Å². The summed E-state index contributed by atoms with van der Waals surface area (Å²) in [4.78, 5) is 21.0. The van der Waals surface area contributed by atoms with E-state index in [4.69, 9.17) is 15.6 Å². The van der Waals surface area contributed by atoms with Gasteiger partial charge in [0.2, 0.25) is 11.8 Å². The van der Waals surface area contributed by atoms with Crippen molar-refractivity contribution in [1.82, 2.24) is 14.9 Å². The van der Waals surface area contributed by atoms with E-state index in [2.05, 4.69) is 15.3 Å². The van der Waals surface area contributed by atoms with Gasteiger partial charge in [-0.25, -0.2) is 9.97 Å². The predicted octanol–water partition coefficient (Wildman–Crippen LogP) is -0.791. The Labute approximate surface area is 123 Å².